The summed E-state index contributed by atoms with van der Waals surface area (Å²) < 4.78 is 6.06. The molecular weight excluding hydrogens is 242 g/mol. The lowest BCUT2D eigenvalue weighted by Gasteiger charge is -2.42. The first-order valence-electron chi connectivity index (χ1n) is 6.77. The number of para-hydroxylation sites is 1. The van der Waals surface area contributed by atoms with Crippen LogP contribution in [0.15, 0.2) is 24.3 Å². The fraction of sp³-hybridized carbons (Fsp3) is 0.533. The zero-order valence-electron chi connectivity index (χ0n) is 11.5. The fourth-order valence-corrected chi connectivity index (χ4v) is 2.35. The van der Waals surface area contributed by atoms with Gasteiger partial charge in [0.25, 0.3) is 0 Å². The summed E-state index contributed by atoms with van der Waals surface area (Å²) in [7, 11) is 0. The van der Waals surface area contributed by atoms with Crippen LogP contribution in [0.2, 0.25) is 0 Å². The Morgan fingerprint density at radius 3 is 2.68 bits per heavy atom. The second kappa shape index (κ2) is 5.61. The Morgan fingerprint density at radius 2 is 2.16 bits per heavy atom. The molecular formula is C15H21NO3. The highest BCUT2D eigenvalue weighted by Gasteiger charge is 2.42. The highest BCUT2D eigenvalue weighted by Crippen LogP contribution is 2.33. The number of hydrogen-bond donors (Lipinski definition) is 2. The quantitative estimate of drug-likeness (QED) is 0.827. The summed E-state index contributed by atoms with van der Waals surface area (Å²) in [6.07, 6.45) is 1.07. The highest BCUT2D eigenvalue weighted by atomic mass is 16.5. The van der Waals surface area contributed by atoms with Crippen molar-refractivity contribution in [1.29, 1.82) is 0 Å². The van der Waals surface area contributed by atoms with Crippen LogP contribution in [0.1, 0.15) is 38.2 Å². The molecule has 1 aromatic rings. The fourth-order valence-electron chi connectivity index (χ4n) is 2.35. The van der Waals surface area contributed by atoms with Gasteiger partial charge < -0.3 is 15.2 Å². The predicted octanol–water partition coefficient (Wildman–Crippen LogP) is 2.40. The van der Waals surface area contributed by atoms with Crippen LogP contribution in [0.25, 0.3) is 0 Å². The van der Waals surface area contributed by atoms with Crippen molar-refractivity contribution in [2.45, 2.75) is 38.2 Å². The summed E-state index contributed by atoms with van der Waals surface area (Å²) in [5.74, 6) is 0.410. The molecule has 0 radical (unpaired) electrons. The molecule has 4 nitrogen and oxygen atoms in total. The number of aliphatic carboxylic acids is 1. The van der Waals surface area contributed by atoms with E-state index in [0.29, 0.717) is 19.0 Å². The molecule has 1 fully saturated rings. The van der Waals surface area contributed by atoms with Crippen LogP contribution in [0, 0.1) is 0 Å². The zero-order valence-corrected chi connectivity index (χ0v) is 11.5. The Hall–Kier alpha value is -1.55. The minimum Gasteiger partial charge on any atom is -0.484 e. The van der Waals surface area contributed by atoms with Gasteiger partial charge in [-0.2, -0.15) is 0 Å². The average molecular weight is 263 g/mol. The molecule has 0 aromatic heterocycles. The molecule has 1 aliphatic rings. The number of hydrogen-bond acceptors (Lipinski definition) is 3. The third-order valence-electron chi connectivity index (χ3n) is 3.76. The Bertz CT molecular complexity index is 454. The van der Waals surface area contributed by atoms with Crippen LogP contribution in [-0.4, -0.2) is 29.8 Å². The van der Waals surface area contributed by atoms with Gasteiger partial charge >= 0.3 is 5.97 Å². The van der Waals surface area contributed by atoms with E-state index in [2.05, 4.69) is 25.2 Å². The minimum atomic E-state index is -0.817. The molecule has 2 N–H and O–H groups in total. The topological polar surface area (TPSA) is 58.6 Å². The van der Waals surface area contributed by atoms with Crippen molar-refractivity contribution in [1.82, 2.24) is 5.32 Å². The number of carboxylic acid groups (broad SMARTS) is 1. The lowest BCUT2D eigenvalue weighted by molar-refractivity contribution is -0.143. The van der Waals surface area contributed by atoms with E-state index in [1.54, 1.807) is 0 Å². The zero-order chi connectivity index (χ0) is 13.9. The number of nitrogens with one attached hydrogen (secondary N) is 1. The molecule has 19 heavy (non-hydrogen) atoms. The smallest absolute Gasteiger partial charge is 0.307 e. The van der Waals surface area contributed by atoms with Crippen molar-refractivity contribution in [3.05, 3.63) is 29.8 Å². The molecule has 1 unspecified atom stereocenters. The van der Waals surface area contributed by atoms with Gasteiger partial charge in [-0.3, -0.25) is 4.79 Å². The second-order valence-corrected chi connectivity index (χ2v) is 5.31. The lowest BCUT2D eigenvalue weighted by atomic mass is 9.91. The molecule has 0 aliphatic carbocycles. The normalized spacial score (nSPS) is 18.4. The van der Waals surface area contributed by atoms with Crippen LogP contribution >= 0.6 is 0 Å². The van der Waals surface area contributed by atoms with E-state index < -0.39 is 11.6 Å². The minimum absolute atomic E-state index is 0.0365. The van der Waals surface area contributed by atoms with E-state index in [4.69, 9.17) is 9.84 Å². The number of ether oxygens (including phenoxy) is 1. The predicted molar refractivity (Wildman–Crippen MR) is 73.6 cm³/mol. The van der Waals surface area contributed by atoms with Gasteiger partial charge in [-0.25, -0.2) is 0 Å². The summed E-state index contributed by atoms with van der Waals surface area (Å²) in [6.45, 7) is 5.48. The van der Waals surface area contributed by atoms with Crippen molar-refractivity contribution in [2.75, 3.05) is 13.1 Å². The van der Waals surface area contributed by atoms with Gasteiger partial charge in [0.05, 0.1) is 6.42 Å². The van der Waals surface area contributed by atoms with Gasteiger partial charge in [0.1, 0.15) is 11.4 Å². The Morgan fingerprint density at radius 1 is 1.47 bits per heavy atom. The number of benzene rings is 1. The van der Waals surface area contributed by atoms with Crippen molar-refractivity contribution in [3.8, 4) is 5.75 Å². The summed E-state index contributed by atoms with van der Waals surface area (Å²) in [5.41, 5.74) is 0.566. The number of rotatable bonds is 6. The first kappa shape index (κ1) is 13.9. The Balaban J connectivity index is 2.20. The molecule has 0 amide bonds. The maximum absolute atomic E-state index is 11.0. The molecule has 1 atom stereocenters. The first-order chi connectivity index (χ1) is 9.06. The molecule has 1 heterocycles. The van der Waals surface area contributed by atoms with Gasteiger partial charge in [-0.1, -0.05) is 32.0 Å². The average Bonchev–Trinajstić information content (AvgIpc) is 2.35. The Kier molecular flexibility index (Phi) is 4.10. The molecule has 2 rings (SSSR count). The molecule has 4 heteroatoms. The SMILES string of the molecule is CCC(C)c1ccccc1OC1(CC(=O)O)CNC1. The molecule has 1 saturated heterocycles. The van der Waals surface area contributed by atoms with E-state index in [9.17, 15) is 4.79 Å². The van der Waals surface area contributed by atoms with Gasteiger partial charge in [-0.05, 0) is 24.0 Å². The summed E-state index contributed by atoms with van der Waals surface area (Å²) >= 11 is 0. The van der Waals surface area contributed by atoms with E-state index in [-0.39, 0.29) is 6.42 Å². The van der Waals surface area contributed by atoms with Crippen molar-refractivity contribution < 1.29 is 14.6 Å². The van der Waals surface area contributed by atoms with Crippen molar-refractivity contribution in [3.63, 3.8) is 0 Å². The molecule has 0 spiro atoms. The maximum atomic E-state index is 11.0. The van der Waals surface area contributed by atoms with Crippen LogP contribution in [0.5, 0.6) is 5.75 Å². The largest absolute Gasteiger partial charge is 0.484 e. The molecule has 1 aromatic carbocycles. The number of carbonyl (C=O) groups is 1. The summed E-state index contributed by atoms with van der Waals surface area (Å²) in [4.78, 5) is 11.0. The molecule has 0 bridgehead atoms. The summed E-state index contributed by atoms with van der Waals surface area (Å²) in [5, 5.41) is 12.1. The summed E-state index contributed by atoms with van der Waals surface area (Å²) in [6, 6.07) is 7.92. The van der Waals surface area contributed by atoms with E-state index in [1.165, 1.54) is 0 Å². The third kappa shape index (κ3) is 3.07. The first-order valence-corrected chi connectivity index (χ1v) is 6.77. The monoisotopic (exact) mass is 263 g/mol. The van der Waals surface area contributed by atoms with Crippen LogP contribution < -0.4 is 10.1 Å². The van der Waals surface area contributed by atoms with Gasteiger partial charge in [0.2, 0.25) is 0 Å². The highest BCUT2D eigenvalue weighted by molar-refractivity contribution is 5.68. The molecule has 104 valence electrons. The third-order valence-corrected chi connectivity index (χ3v) is 3.76. The van der Waals surface area contributed by atoms with Crippen LogP contribution in [-0.2, 0) is 4.79 Å². The van der Waals surface area contributed by atoms with Crippen molar-refractivity contribution >= 4 is 5.97 Å². The van der Waals surface area contributed by atoms with E-state index in [0.717, 1.165) is 17.7 Å². The van der Waals surface area contributed by atoms with Gasteiger partial charge in [0, 0.05) is 13.1 Å². The van der Waals surface area contributed by atoms with E-state index >= 15 is 0 Å². The van der Waals surface area contributed by atoms with E-state index in [1.807, 2.05) is 18.2 Å². The van der Waals surface area contributed by atoms with Crippen molar-refractivity contribution in [2.24, 2.45) is 0 Å². The standard InChI is InChI=1S/C15H21NO3/c1-3-11(2)12-6-4-5-7-13(12)19-15(8-14(17)18)9-16-10-15/h4-7,11,16H,3,8-10H2,1-2H3,(H,17,18). The lowest BCUT2D eigenvalue weighted by Crippen LogP contribution is -2.64. The Labute approximate surface area is 113 Å². The molecule has 0 saturated carbocycles. The molecule has 1 aliphatic heterocycles. The van der Waals surface area contributed by atoms with Gasteiger partial charge in [-0.15, -0.1) is 0 Å². The maximum Gasteiger partial charge on any atom is 0.307 e. The number of carboxylic acids is 1. The second-order valence-electron chi connectivity index (χ2n) is 5.31. The van der Waals surface area contributed by atoms with Crippen LogP contribution in [0.3, 0.4) is 0 Å². The van der Waals surface area contributed by atoms with Gasteiger partial charge in [0.15, 0.2) is 0 Å². The van der Waals surface area contributed by atoms with Crippen LogP contribution in [0.4, 0.5) is 0 Å².